The maximum atomic E-state index is 14.5. The zero-order chi connectivity index (χ0) is 27.0. The second-order valence-electron chi connectivity index (χ2n) is 9.72. The lowest BCUT2D eigenvalue weighted by atomic mass is 10.1. The zero-order valence-corrected chi connectivity index (χ0v) is 22.2. The Morgan fingerprint density at radius 1 is 1.11 bits per heavy atom. The van der Waals surface area contributed by atoms with Gasteiger partial charge in [0.05, 0.1) is 23.8 Å². The lowest BCUT2D eigenvalue weighted by Gasteiger charge is -2.24. The Bertz CT molecular complexity index is 1480. The molecule has 0 radical (unpaired) electrons. The number of benzene rings is 1. The van der Waals surface area contributed by atoms with E-state index in [0.29, 0.717) is 41.6 Å². The number of hydrogen-bond acceptors (Lipinski definition) is 7. The predicted molar refractivity (Wildman–Crippen MR) is 145 cm³/mol. The normalized spacial score (nSPS) is 13.8. The van der Waals surface area contributed by atoms with Crippen molar-refractivity contribution in [1.82, 2.24) is 30.0 Å². The summed E-state index contributed by atoms with van der Waals surface area (Å²) in [6.07, 6.45) is 1.57. The summed E-state index contributed by atoms with van der Waals surface area (Å²) in [4.78, 5) is 27.0. The fourth-order valence-corrected chi connectivity index (χ4v) is 4.67. The fraction of sp³-hybridized carbons (Fsp3) is 0.321. The van der Waals surface area contributed by atoms with Crippen molar-refractivity contribution in [3.8, 4) is 11.5 Å². The van der Waals surface area contributed by atoms with E-state index >= 15 is 0 Å². The van der Waals surface area contributed by atoms with Gasteiger partial charge in [0.25, 0.3) is 5.91 Å². The lowest BCUT2D eigenvalue weighted by molar-refractivity contribution is 0.0996. The summed E-state index contributed by atoms with van der Waals surface area (Å²) in [6.45, 7) is 6.98. The monoisotopic (exact) mass is 514 g/mol. The number of pyridine rings is 2. The first kappa shape index (κ1) is 25.5. The number of hydrogen-bond donors (Lipinski definition) is 1. The van der Waals surface area contributed by atoms with Gasteiger partial charge in [0.1, 0.15) is 29.5 Å². The van der Waals surface area contributed by atoms with Crippen molar-refractivity contribution in [2.24, 2.45) is 0 Å². The van der Waals surface area contributed by atoms with Gasteiger partial charge < -0.3 is 14.8 Å². The quantitative estimate of drug-likeness (QED) is 0.377. The summed E-state index contributed by atoms with van der Waals surface area (Å²) in [5.74, 6) is 1.34. The molecular formula is C28H31FN8O. The number of fused-ring (bicyclic) bond motifs is 1. The van der Waals surface area contributed by atoms with Crippen molar-refractivity contribution in [2.45, 2.75) is 45.9 Å². The van der Waals surface area contributed by atoms with E-state index in [1.807, 2.05) is 39.2 Å². The van der Waals surface area contributed by atoms with Gasteiger partial charge in [-0.1, -0.05) is 24.3 Å². The molecule has 1 aliphatic rings. The number of rotatable bonds is 8. The molecule has 0 spiro atoms. The standard InChI is InChI=1S/C28H31FN8O/c1-17(2)35(5)26-13-20-21(24(33-26)14-30-4)15-36(28(20)38)25-12-8-11-23(32-25)27-34-31-16-37(27)18(3)19-9-6-7-10-22(19)29/h6-13,16-18,30H,14-15H2,1-5H3/t18-/m0/s1. The van der Waals surface area contributed by atoms with Crippen LogP contribution in [0.3, 0.4) is 0 Å². The number of anilines is 2. The Labute approximate surface area is 221 Å². The first-order chi connectivity index (χ1) is 18.3. The third-order valence-electron chi connectivity index (χ3n) is 7.05. The highest BCUT2D eigenvalue weighted by atomic mass is 19.1. The minimum atomic E-state index is -0.351. The molecule has 0 saturated carbocycles. The molecule has 38 heavy (non-hydrogen) atoms. The Morgan fingerprint density at radius 3 is 2.63 bits per heavy atom. The van der Waals surface area contributed by atoms with Gasteiger partial charge in [-0.2, -0.15) is 0 Å². The average molecular weight is 515 g/mol. The minimum absolute atomic E-state index is 0.121. The van der Waals surface area contributed by atoms with Crippen LogP contribution < -0.4 is 15.1 Å². The summed E-state index contributed by atoms with van der Waals surface area (Å²) >= 11 is 0. The molecule has 10 heteroatoms. The van der Waals surface area contributed by atoms with Crippen LogP contribution in [-0.4, -0.2) is 50.8 Å². The van der Waals surface area contributed by atoms with Crippen LogP contribution in [0.15, 0.2) is 54.9 Å². The number of nitrogens with zero attached hydrogens (tertiary/aromatic N) is 7. The molecule has 196 valence electrons. The largest absolute Gasteiger partial charge is 0.357 e. The summed E-state index contributed by atoms with van der Waals surface area (Å²) in [6, 6.07) is 13.9. The van der Waals surface area contributed by atoms with Gasteiger partial charge in [-0.15, -0.1) is 10.2 Å². The van der Waals surface area contributed by atoms with E-state index in [1.165, 1.54) is 6.07 Å². The first-order valence-corrected chi connectivity index (χ1v) is 12.6. The second-order valence-corrected chi connectivity index (χ2v) is 9.72. The van der Waals surface area contributed by atoms with Crippen molar-refractivity contribution in [2.75, 3.05) is 23.9 Å². The molecule has 0 fully saturated rings. The van der Waals surface area contributed by atoms with Crippen molar-refractivity contribution in [3.63, 3.8) is 0 Å². The van der Waals surface area contributed by atoms with Gasteiger partial charge in [-0.05, 0) is 52.1 Å². The lowest BCUT2D eigenvalue weighted by Crippen LogP contribution is -2.27. The molecule has 3 aromatic heterocycles. The molecule has 0 bridgehead atoms. The molecule has 4 aromatic rings. The molecule has 1 atom stereocenters. The molecule has 1 aromatic carbocycles. The Kier molecular flexibility index (Phi) is 6.90. The molecule has 1 amide bonds. The van der Waals surface area contributed by atoms with Gasteiger partial charge in [0.2, 0.25) is 0 Å². The number of nitrogens with one attached hydrogen (secondary N) is 1. The van der Waals surface area contributed by atoms with E-state index < -0.39 is 0 Å². The van der Waals surface area contributed by atoms with Crippen molar-refractivity contribution in [1.29, 1.82) is 0 Å². The molecule has 1 N–H and O–H groups in total. The van der Waals surface area contributed by atoms with Crippen LogP contribution in [0.25, 0.3) is 11.5 Å². The van der Waals surface area contributed by atoms with Crippen LogP contribution in [0.4, 0.5) is 16.0 Å². The van der Waals surface area contributed by atoms with Crippen molar-refractivity contribution >= 4 is 17.5 Å². The highest BCUT2D eigenvalue weighted by molar-refractivity contribution is 6.10. The van der Waals surface area contributed by atoms with E-state index in [1.54, 1.807) is 40.1 Å². The van der Waals surface area contributed by atoms with E-state index in [4.69, 9.17) is 9.97 Å². The highest BCUT2D eigenvalue weighted by Crippen LogP contribution is 2.33. The predicted octanol–water partition coefficient (Wildman–Crippen LogP) is 4.21. The van der Waals surface area contributed by atoms with E-state index in [9.17, 15) is 9.18 Å². The number of carbonyl (C=O) groups excluding carboxylic acids is 1. The minimum Gasteiger partial charge on any atom is -0.357 e. The number of halogens is 1. The molecule has 0 saturated heterocycles. The summed E-state index contributed by atoms with van der Waals surface area (Å²) in [7, 11) is 3.84. The molecule has 5 rings (SSSR count). The van der Waals surface area contributed by atoms with Crippen LogP contribution in [0.1, 0.15) is 54.0 Å². The van der Waals surface area contributed by atoms with E-state index in [-0.39, 0.29) is 23.8 Å². The molecular weight excluding hydrogens is 483 g/mol. The van der Waals surface area contributed by atoms with E-state index in [2.05, 4.69) is 34.3 Å². The van der Waals surface area contributed by atoms with Gasteiger partial charge >= 0.3 is 0 Å². The van der Waals surface area contributed by atoms with Crippen LogP contribution in [0.2, 0.25) is 0 Å². The fourth-order valence-electron chi connectivity index (χ4n) is 4.67. The highest BCUT2D eigenvalue weighted by Gasteiger charge is 2.33. The third-order valence-corrected chi connectivity index (χ3v) is 7.05. The van der Waals surface area contributed by atoms with Crippen molar-refractivity contribution < 1.29 is 9.18 Å². The summed E-state index contributed by atoms with van der Waals surface area (Å²) in [5, 5.41) is 11.5. The van der Waals surface area contributed by atoms with E-state index in [0.717, 1.165) is 17.1 Å². The third kappa shape index (κ3) is 4.51. The van der Waals surface area contributed by atoms with Gasteiger partial charge in [-0.3, -0.25) is 9.69 Å². The summed E-state index contributed by atoms with van der Waals surface area (Å²) < 4.78 is 16.3. The average Bonchev–Trinajstić information content (AvgIpc) is 3.54. The number of aromatic nitrogens is 5. The number of carbonyl (C=O) groups is 1. The molecule has 1 aliphatic heterocycles. The van der Waals surface area contributed by atoms with Gasteiger partial charge in [-0.25, -0.2) is 14.4 Å². The smallest absolute Gasteiger partial charge is 0.260 e. The zero-order valence-electron chi connectivity index (χ0n) is 22.2. The van der Waals surface area contributed by atoms with Crippen LogP contribution in [-0.2, 0) is 13.1 Å². The first-order valence-electron chi connectivity index (χ1n) is 12.6. The number of amides is 1. The molecule has 0 aliphatic carbocycles. The van der Waals surface area contributed by atoms with Crippen LogP contribution >= 0.6 is 0 Å². The molecule has 0 unspecified atom stereocenters. The summed E-state index contributed by atoms with van der Waals surface area (Å²) in [5.41, 5.74) is 3.45. The second kappa shape index (κ2) is 10.3. The Hall–Kier alpha value is -4.18. The van der Waals surface area contributed by atoms with Gasteiger partial charge in [0.15, 0.2) is 5.82 Å². The maximum absolute atomic E-state index is 14.5. The van der Waals surface area contributed by atoms with Crippen LogP contribution in [0, 0.1) is 5.82 Å². The maximum Gasteiger partial charge on any atom is 0.260 e. The molecule has 4 heterocycles. The molecule has 9 nitrogen and oxygen atoms in total. The SMILES string of the molecule is CNCc1nc(N(C)C(C)C)cc2c1CN(c1cccc(-c3nncn3[C@@H](C)c3ccccc3F)n1)C2=O. The van der Waals surface area contributed by atoms with Crippen molar-refractivity contribution in [3.05, 3.63) is 83.1 Å². The topological polar surface area (TPSA) is 92.1 Å². The van der Waals surface area contributed by atoms with Crippen LogP contribution in [0.5, 0.6) is 0 Å². The Balaban J connectivity index is 1.49. The Morgan fingerprint density at radius 2 is 1.89 bits per heavy atom. The van der Waals surface area contributed by atoms with Gasteiger partial charge in [0, 0.05) is 30.8 Å².